The van der Waals surface area contributed by atoms with Gasteiger partial charge < -0.3 is 15.0 Å². The Morgan fingerprint density at radius 2 is 2.15 bits per heavy atom. The Morgan fingerprint density at radius 1 is 1.40 bits per heavy atom. The van der Waals surface area contributed by atoms with Crippen molar-refractivity contribution in [1.29, 1.82) is 0 Å². The Balaban J connectivity index is 1.82. The predicted octanol–water partition coefficient (Wildman–Crippen LogP) is 1.69. The Morgan fingerprint density at radius 3 is 2.75 bits per heavy atom. The molecule has 0 bridgehead atoms. The van der Waals surface area contributed by atoms with E-state index in [-0.39, 0.29) is 0 Å². The third-order valence-corrected chi connectivity index (χ3v) is 3.95. The van der Waals surface area contributed by atoms with Crippen molar-refractivity contribution in [3.8, 4) is 0 Å². The van der Waals surface area contributed by atoms with Crippen LogP contribution in [0.5, 0.6) is 0 Å². The highest BCUT2D eigenvalue weighted by atomic mass is 16.5. The van der Waals surface area contributed by atoms with Gasteiger partial charge in [-0.1, -0.05) is 13.8 Å². The predicted molar refractivity (Wildman–Crippen MR) is 80.8 cm³/mol. The maximum atomic E-state index is 5.00. The van der Waals surface area contributed by atoms with Crippen molar-refractivity contribution >= 4 is 5.95 Å². The number of rotatable bonds is 7. The number of anilines is 1. The lowest BCUT2D eigenvalue weighted by Gasteiger charge is -2.18. The molecule has 0 spiro atoms. The smallest absolute Gasteiger partial charge is 0.225 e. The van der Waals surface area contributed by atoms with E-state index in [1.54, 1.807) is 7.11 Å². The van der Waals surface area contributed by atoms with Gasteiger partial charge in [0.1, 0.15) is 0 Å². The fourth-order valence-electron chi connectivity index (χ4n) is 2.52. The molecule has 5 nitrogen and oxygen atoms in total. The molecule has 1 N–H and O–H groups in total. The molecule has 1 aliphatic heterocycles. The zero-order valence-electron chi connectivity index (χ0n) is 12.8. The van der Waals surface area contributed by atoms with Crippen molar-refractivity contribution in [2.24, 2.45) is 11.8 Å². The summed E-state index contributed by atoms with van der Waals surface area (Å²) in [5.74, 6) is 2.38. The molecule has 0 amide bonds. The lowest BCUT2D eigenvalue weighted by atomic mass is 9.95. The first-order valence-electron chi connectivity index (χ1n) is 7.46. The minimum Gasteiger partial charge on any atom is -0.383 e. The number of hydrogen-bond acceptors (Lipinski definition) is 5. The van der Waals surface area contributed by atoms with Crippen LogP contribution in [0.2, 0.25) is 0 Å². The summed E-state index contributed by atoms with van der Waals surface area (Å²) in [6, 6.07) is 0. The van der Waals surface area contributed by atoms with Crippen LogP contribution in [0, 0.1) is 11.8 Å². The van der Waals surface area contributed by atoms with Crippen molar-refractivity contribution < 1.29 is 4.74 Å². The van der Waals surface area contributed by atoms with E-state index in [0.717, 1.165) is 56.1 Å². The zero-order valence-corrected chi connectivity index (χ0v) is 12.8. The lowest BCUT2D eigenvalue weighted by Crippen LogP contribution is -2.23. The van der Waals surface area contributed by atoms with E-state index in [1.165, 1.54) is 6.42 Å². The summed E-state index contributed by atoms with van der Waals surface area (Å²) in [6.07, 6.45) is 5.09. The highest BCUT2D eigenvalue weighted by Gasteiger charge is 2.26. The third kappa shape index (κ3) is 4.15. The SMILES string of the molecule is COCCNCc1cnc(N2CCC(C(C)C)C2)nc1. The molecule has 0 aromatic carbocycles. The normalized spacial score (nSPS) is 19.0. The number of nitrogens with zero attached hydrogens (tertiary/aromatic N) is 3. The molecule has 20 heavy (non-hydrogen) atoms. The first kappa shape index (κ1) is 15.2. The van der Waals surface area contributed by atoms with Gasteiger partial charge in [-0.3, -0.25) is 0 Å². The monoisotopic (exact) mass is 278 g/mol. The van der Waals surface area contributed by atoms with E-state index in [1.807, 2.05) is 12.4 Å². The number of hydrogen-bond donors (Lipinski definition) is 1. The average molecular weight is 278 g/mol. The van der Waals surface area contributed by atoms with Crippen LogP contribution in [-0.4, -0.2) is 43.3 Å². The van der Waals surface area contributed by atoms with E-state index in [0.29, 0.717) is 0 Å². The molecule has 1 saturated heterocycles. The van der Waals surface area contributed by atoms with E-state index in [2.05, 4.69) is 34.0 Å². The summed E-state index contributed by atoms with van der Waals surface area (Å²) in [6.45, 7) is 9.12. The standard InChI is InChI=1S/C15H26N4O/c1-12(2)14-4-6-19(11-14)15-17-9-13(10-18-15)8-16-5-7-20-3/h9-10,12,14,16H,4-8,11H2,1-3H3. The maximum absolute atomic E-state index is 5.00. The van der Waals surface area contributed by atoms with E-state index in [4.69, 9.17) is 4.74 Å². The van der Waals surface area contributed by atoms with Crippen molar-refractivity contribution in [2.45, 2.75) is 26.8 Å². The van der Waals surface area contributed by atoms with Gasteiger partial charge in [0.15, 0.2) is 0 Å². The van der Waals surface area contributed by atoms with Crippen LogP contribution in [0.15, 0.2) is 12.4 Å². The van der Waals surface area contributed by atoms with Gasteiger partial charge >= 0.3 is 0 Å². The second-order valence-corrected chi connectivity index (χ2v) is 5.80. The van der Waals surface area contributed by atoms with Gasteiger partial charge in [-0.2, -0.15) is 0 Å². The first-order chi connectivity index (χ1) is 9.70. The lowest BCUT2D eigenvalue weighted by molar-refractivity contribution is 0.199. The number of ether oxygens (including phenoxy) is 1. The number of aromatic nitrogens is 2. The van der Waals surface area contributed by atoms with Crippen LogP contribution in [0.4, 0.5) is 5.95 Å². The Bertz CT molecular complexity index is 393. The molecule has 112 valence electrons. The van der Waals surface area contributed by atoms with Gasteiger partial charge in [-0.05, 0) is 18.3 Å². The van der Waals surface area contributed by atoms with Crippen molar-refractivity contribution in [3.63, 3.8) is 0 Å². The summed E-state index contributed by atoms with van der Waals surface area (Å²) in [5.41, 5.74) is 1.12. The zero-order chi connectivity index (χ0) is 14.4. The molecule has 0 radical (unpaired) electrons. The molecule has 1 aromatic rings. The van der Waals surface area contributed by atoms with E-state index in [9.17, 15) is 0 Å². The molecule has 1 aromatic heterocycles. The molecular formula is C15H26N4O. The summed E-state index contributed by atoms with van der Waals surface area (Å²) >= 11 is 0. The van der Waals surface area contributed by atoms with Gasteiger partial charge in [-0.25, -0.2) is 9.97 Å². The molecule has 0 aliphatic carbocycles. The molecule has 2 rings (SSSR count). The van der Waals surface area contributed by atoms with Crippen LogP contribution >= 0.6 is 0 Å². The second kappa shape index (κ2) is 7.55. The number of methoxy groups -OCH3 is 1. The largest absolute Gasteiger partial charge is 0.383 e. The average Bonchev–Trinajstić information content (AvgIpc) is 2.94. The summed E-state index contributed by atoms with van der Waals surface area (Å²) in [5, 5.41) is 3.29. The minimum atomic E-state index is 0.726. The Labute approximate surface area is 121 Å². The molecule has 5 heteroatoms. The Kier molecular flexibility index (Phi) is 5.73. The molecule has 0 saturated carbocycles. The van der Waals surface area contributed by atoms with Gasteiger partial charge in [0.25, 0.3) is 0 Å². The van der Waals surface area contributed by atoms with Gasteiger partial charge in [-0.15, -0.1) is 0 Å². The van der Waals surface area contributed by atoms with Crippen LogP contribution in [0.1, 0.15) is 25.8 Å². The van der Waals surface area contributed by atoms with Gasteiger partial charge in [0.2, 0.25) is 5.95 Å². The van der Waals surface area contributed by atoms with Crippen LogP contribution in [0.3, 0.4) is 0 Å². The van der Waals surface area contributed by atoms with Crippen LogP contribution < -0.4 is 10.2 Å². The fraction of sp³-hybridized carbons (Fsp3) is 0.733. The first-order valence-corrected chi connectivity index (χ1v) is 7.46. The van der Waals surface area contributed by atoms with E-state index < -0.39 is 0 Å². The van der Waals surface area contributed by atoms with Gasteiger partial charge in [0, 0.05) is 51.2 Å². The minimum absolute atomic E-state index is 0.726. The number of nitrogens with one attached hydrogen (secondary N) is 1. The third-order valence-electron chi connectivity index (χ3n) is 3.95. The summed E-state index contributed by atoms with van der Waals surface area (Å²) < 4.78 is 5.00. The molecule has 1 unspecified atom stereocenters. The Hall–Kier alpha value is -1.20. The van der Waals surface area contributed by atoms with Crippen molar-refractivity contribution in [2.75, 3.05) is 38.3 Å². The van der Waals surface area contributed by atoms with Crippen LogP contribution in [-0.2, 0) is 11.3 Å². The molecule has 1 fully saturated rings. The van der Waals surface area contributed by atoms with Gasteiger partial charge in [0.05, 0.1) is 6.61 Å². The highest BCUT2D eigenvalue weighted by molar-refractivity contribution is 5.31. The van der Waals surface area contributed by atoms with Crippen molar-refractivity contribution in [3.05, 3.63) is 18.0 Å². The van der Waals surface area contributed by atoms with Crippen molar-refractivity contribution in [1.82, 2.24) is 15.3 Å². The maximum Gasteiger partial charge on any atom is 0.225 e. The quantitative estimate of drug-likeness (QED) is 0.769. The van der Waals surface area contributed by atoms with Crippen LogP contribution in [0.25, 0.3) is 0 Å². The molecular weight excluding hydrogens is 252 g/mol. The van der Waals surface area contributed by atoms with E-state index >= 15 is 0 Å². The summed E-state index contributed by atoms with van der Waals surface area (Å²) in [7, 11) is 1.71. The summed E-state index contributed by atoms with van der Waals surface area (Å²) in [4.78, 5) is 11.3. The molecule has 1 atom stereocenters. The highest BCUT2D eigenvalue weighted by Crippen LogP contribution is 2.25. The molecule has 2 heterocycles. The topological polar surface area (TPSA) is 50.3 Å². The second-order valence-electron chi connectivity index (χ2n) is 5.80. The molecule has 1 aliphatic rings. The fourth-order valence-corrected chi connectivity index (χ4v) is 2.52.